The average Bonchev–Trinajstić information content (AvgIpc) is 2.79. The zero-order valence-corrected chi connectivity index (χ0v) is 12.6. The van der Waals surface area contributed by atoms with Gasteiger partial charge < -0.3 is 0 Å². The highest BCUT2D eigenvalue weighted by molar-refractivity contribution is 7.86. The van der Waals surface area contributed by atoms with Crippen LogP contribution in [-0.4, -0.2) is 49.1 Å². The van der Waals surface area contributed by atoms with Crippen LogP contribution in [0.15, 0.2) is 0 Å². The fourth-order valence-electron chi connectivity index (χ4n) is 2.78. The van der Waals surface area contributed by atoms with Gasteiger partial charge in [-0.1, -0.05) is 6.92 Å². The maximum Gasteiger partial charge on any atom is 0.281 e. The van der Waals surface area contributed by atoms with E-state index in [1.807, 2.05) is 0 Å². The summed E-state index contributed by atoms with van der Waals surface area (Å²) in [7, 11) is -3.21. The molecule has 2 aliphatic heterocycles. The summed E-state index contributed by atoms with van der Waals surface area (Å²) in [6, 6.07) is 0. The number of rotatable bonds is 4. The summed E-state index contributed by atoms with van der Waals surface area (Å²) < 4.78 is 28.2. The fourth-order valence-corrected chi connectivity index (χ4v) is 4.82. The molecule has 0 amide bonds. The minimum atomic E-state index is -3.21. The van der Waals surface area contributed by atoms with E-state index in [1.54, 1.807) is 8.61 Å². The predicted octanol–water partition coefficient (Wildman–Crippen LogP) is 1.91. The molecule has 2 saturated heterocycles. The van der Waals surface area contributed by atoms with Gasteiger partial charge in [-0.2, -0.15) is 17.0 Å². The Balaban J connectivity index is 1.95. The van der Waals surface area contributed by atoms with Crippen LogP contribution in [0.5, 0.6) is 0 Å². The van der Waals surface area contributed by atoms with E-state index in [0.29, 0.717) is 43.9 Å². The third-order valence-corrected chi connectivity index (χ3v) is 6.38. The van der Waals surface area contributed by atoms with Crippen LogP contribution < -0.4 is 0 Å². The average molecular weight is 295 g/mol. The molecule has 0 radical (unpaired) electrons. The van der Waals surface area contributed by atoms with E-state index in [0.717, 1.165) is 25.7 Å². The first-order valence-electron chi connectivity index (χ1n) is 6.85. The number of hydrogen-bond acceptors (Lipinski definition) is 2. The minimum Gasteiger partial charge on any atom is -0.195 e. The summed E-state index contributed by atoms with van der Waals surface area (Å²) in [6.07, 6.45) is 3.84. The summed E-state index contributed by atoms with van der Waals surface area (Å²) >= 11 is 5.73. The molecule has 2 aliphatic rings. The highest BCUT2D eigenvalue weighted by atomic mass is 35.5. The summed E-state index contributed by atoms with van der Waals surface area (Å²) in [6.45, 7) is 4.87. The predicted molar refractivity (Wildman–Crippen MR) is 73.9 cm³/mol. The number of halogens is 1. The molecule has 18 heavy (non-hydrogen) atoms. The number of nitrogens with zero attached hydrogens (tertiary/aromatic N) is 2. The van der Waals surface area contributed by atoms with Crippen LogP contribution >= 0.6 is 11.6 Å². The van der Waals surface area contributed by atoms with Gasteiger partial charge in [0, 0.05) is 32.1 Å². The van der Waals surface area contributed by atoms with Gasteiger partial charge in [0.15, 0.2) is 0 Å². The summed E-state index contributed by atoms with van der Waals surface area (Å²) in [4.78, 5) is 0. The van der Waals surface area contributed by atoms with Crippen molar-refractivity contribution in [3.05, 3.63) is 0 Å². The van der Waals surface area contributed by atoms with Crippen molar-refractivity contribution in [1.82, 2.24) is 8.61 Å². The van der Waals surface area contributed by atoms with Gasteiger partial charge in [-0.3, -0.25) is 0 Å². The highest BCUT2D eigenvalue weighted by Gasteiger charge is 2.36. The SMILES string of the molecule is CC1CCN(S(=O)(=O)N2CCC(CCCl)C2)CC1. The van der Waals surface area contributed by atoms with Crippen molar-refractivity contribution in [3.8, 4) is 0 Å². The molecule has 0 bridgehead atoms. The second-order valence-corrected chi connectivity index (χ2v) is 7.89. The molecule has 4 nitrogen and oxygen atoms in total. The Hall–Kier alpha value is 0.160. The van der Waals surface area contributed by atoms with Gasteiger partial charge >= 0.3 is 0 Å². The van der Waals surface area contributed by atoms with E-state index < -0.39 is 10.2 Å². The molecule has 2 rings (SSSR count). The molecular formula is C12H23ClN2O2S. The normalized spacial score (nSPS) is 28.9. The van der Waals surface area contributed by atoms with Gasteiger partial charge in [0.2, 0.25) is 0 Å². The molecule has 0 aromatic heterocycles. The molecule has 106 valence electrons. The lowest BCUT2D eigenvalue weighted by atomic mass is 10.0. The van der Waals surface area contributed by atoms with Crippen LogP contribution in [0, 0.1) is 11.8 Å². The molecule has 0 saturated carbocycles. The lowest BCUT2D eigenvalue weighted by molar-refractivity contribution is 0.269. The first-order valence-corrected chi connectivity index (χ1v) is 8.78. The molecule has 0 aliphatic carbocycles. The monoisotopic (exact) mass is 294 g/mol. The van der Waals surface area contributed by atoms with Crippen molar-refractivity contribution in [2.45, 2.75) is 32.6 Å². The van der Waals surface area contributed by atoms with E-state index in [1.165, 1.54) is 0 Å². The van der Waals surface area contributed by atoms with Gasteiger partial charge in [0.05, 0.1) is 0 Å². The Bertz CT molecular complexity index is 366. The standard InChI is InChI=1S/C12H23ClN2O2S/c1-11-3-7-14(8-4-11)18(16,17)15-9-5-12(10-15)2-6-13/h11-12H,2-10H2,1H3. The Morgan fingerprint density at radius 3 is 2.33 bits per heavy atom. The minimum absolute atomic E-state index is 0.445. The number of alkyl halides is 1. The van der Waals surface area contributed by atoms with Crippen LogP contribution in [-0.2, 0) is 10.2 Å². The Labute approximate surface area is 115 Å². The summed E-state index contributed by atoms with van der Waals surface area (Å²) in [5.41, 5.74) is 0. The molecule has 1 unspecified atom stereocenters. The van der Waals surface area contributed by atoms with E-state index in [9.17, 15) is 8.42 Å². The van der Waals surface area contributed by atoms with E-state index in [4.69, 9.17) is 11.6 Å². The molecule has 1 atom stereocenters. The molecule has 6 heteroatoms. The lowest BCUT2D eigenvalue weighted by Gasteiger charge is -2.32. The topological polar surface area (TPSA) is 40.6 Å². The van der Waals surface area contributed by atoms with Gasteiger partial charge in [-0.25, -0.2) is 0 Å². The maximum absolute atomic E-state index is 12.5. The molecule has 0 aromatic carbocycles. The van der Waals surface area contributed by atoms with Crippen LogP contribution in [0.4, 0.5) is 0 Å². The first-order chi connectivity index (χ1) is 8.54. The second-order valence-electron chi connectivity index (χ2n) is 5.58. The molecule has 2 fully saturated rings. The van der Waals surface area contributed by atoms with Crippen molar-refractivity contribution >= 4 is 21.8 Å². The van der Waals surface area contributed by atoms with Crippen LogP contribution in [0.3, 0.4) is 0 Å². The van der Waals surface area contributed by atoms with Crippen LogP contribution in [0.1, 0.15) is 32.6 Å². The van der Waals surface area contributed by atoms with Gasteiger partial charge in [0.25, 0.3) is 10.2 Å². The van der Waals surface area contributed by atoms with E-state index >= 15 is 0 Å². The van der Waals surface area contributed by atoms with Crippen molar-refractivity contribution in [3.63, 3.8) is 0 Å². The Morgan fingerprint density at radius 2 is 1.72 bits per heavy atom. The summed E-state index contributed by atoms with van der Waals surface area (Å²) in [5.74, 6) is 1.72. The first kappa shape index (κ1) is 14.6. The second kappa shape index (κ2) is 6.07. The molecule has 0 N–H and O–H groups in total. The van der Waals surface area contributed by atoms with Crippen molar-refractivity contribution in [1.29, 1.82) is 0 Å². The van der Waals surface area contributed by atoms with Crippen molar-refractivity contribution in [2.24, 2.45) is 11.8 Å². The zero-order valence-electron chi connectivity index (χ0n) is 11.0. The Kier molecular flexibility index (Phi) is 4.92. The molecule has 0 spiro atoms. The van der Waals surface area contributed by atoms with E-state index in [-0.39, 0.29) is 0 Å². The number of hydrogen-bond donors (Lipinski definition) is 0. The third kappa shape index (κ3) is 3.18. The van der Waals surface area contributed by atoms with Gasteiger partial charge in [0.1, 0.15) is 0 Å². The molecular weight excluding hydrogens is 272 g/mol. The number of piperidine rings is 1. The quantitative estimate of drug-likeness (QED) is 0.743. The fraction of sp³-hybridized carbons (Fsp3) is 1.00. The van der Waals surface area contributed by atoms with Gasteiger partial charge in [-0.15, -0.1) is 11.6 Å². The van der Waals surface area contributed by atoms with Crippen molar-refractivity contribution in [2.75, 3.05) is 32.1 Å². The third-order valence-electron chi connectivity index (χ3n) is 4.16. The van der Waals surface area contributed by atoms with Crippen molar-refractivity contribution < 1.29 is 8.42 Å². The summed E-state index contributed by atoms with van der Waals surface area (Å²) in [5, 5.41) is 0. The van der Waals surface area contributed by atoms with Crippen LogP contribution in [0.25, 0.3) is 0 Å². The highest BCUT2D eigenvalue weighted by Crippen LogP contribution is 2.26. The smallest absolute Gasteiger partial charge is 0.195 e. The lowest BCUT2D eigenvalue weighted by Crippen LogP contribution is -2.46. The maximum atomic E-state index is 12.5. The van der Waals surface area contributed by atoms with E-state index in [2.05, 4.69) is 6.92 Å². The van der Waals surface area contributed by atoms with Gasteiger partial charge in [-0.05, 0) is 37.5 Å². The van der Waals surface area contributed by atoms with Crippen LogP contribution in [0.2, 0.25) is 0 Å². The zero-order chi connectivity index (χ0) is 13.2. The molecule has 2 heterocycles. The molecule has 0 aromatic rings. The largest absolute Gasteiger partial charge is 0.281 e. The Morgan fingerprint density at radius 1 is 1.11 bits per heavy atom.